The van der Waals surface area contributed by atoms with E-state index in [0.717, 1.165) is 36.6 Å². The number of halogens is 2. The average Bonchev–Trinajstić information content (AvgIpc) is 2.80. The lowest BCUT2D eigenvalue weighted by Gasteiger charge is -2.27. The molecule has 0 radical (unpaired) electrons. The molecular weight excluding hydrogens is 267 g/mol. The third-order valence-corrected chi connectivity index (χ3v) is 4.92. The second-order valence-corrected chi connectivity index (χ2v) is 6.41. The maximum absolute atomic E-state index is 6.45. The van der Waals surface area contributed by atoms with Crippen LogP contribution in [0.4, 0.5) is 0 Å². The molecule has 0 spiro atoms. The van der Waals surface area contributed by atoms with E-state index in [1.54, 1.807) is 0 Å². The second-order valence-electron chi connectivity index (χ2n) is 5.42. The van der Waals surface area contributed by atoms with Crippen molar-refractivity contribution in [3.8, 4) is 5.75 Å². The van der Waals surface area contributed by atoms with E-state index >= 15 is 0 Å². The summed E-state index contributed by atoms with van der Waals surface area (Å²) in [6.07, 6.45) is 6.95. The highest BCUT2D eigenvalue weighted by Crippen LogP contribution is 2.38. The number of benzene rings is 1. The monoisotopic (exact) mass is 284 g/mol. The van der Waals surface area contributed by atoms with Gasteiger partial charge in [0.15, 0.2) is 0 Å². The molecule has 1 aliphatic heterocycles. The Morgan fingerprint density at radius 1 is 1.22 bits per heavy atom. The van der Waals surface area contributed by atoms with Gasteiger partial charge in [0, 0.05) is 16.8 Å². The van der Waals surface area contributed by atoms with E-state index in [2.05, 4.69) is 6.07 Å². The Kier molecular flexibility index (Phi) is 3.72. The van der Waals surface area contributed by atoms with Crippen LogP contribution in [0.3, 0.4) is 0 Å². The Morgan fingerprint density at radius 2 is 2.06 bits per heavy atom. The number of ether oxygens (including phenoxy) is 1. The molecule has 1 aliphatic carbocycles. The SMILES string of the molecule is Clc1cc2c(c(CC3CCCCC3Cl)c1)OCC2. The first-order chi connectivity index (χ1) is 8.74. The molecule has 0 N–H and O–H groups in total. The molecule has 18 heavy (non-hydrogen) atoms. The van der Waals surface area contributed by atoms with Gasteiger partial charge in [-0.3, -0.25) is 0 Å². The van der Waals surface area contributed by atoms with Gasteiger partial charge in [-0.05, 0) is 48.4 Å². The molecule has 1 heterocycles. The second kappa shape index (κ2) is 5.30. The maximum atomic E-state index is 6.45. The van der Waals surface area contributed by atoms with E-state index in [0.29, 0.717) is 11.3 Å². The molecular formula is C15H18Cl2O. The lowest BCUT2D eigenvalue weighted by atomic mass is 9.84. The third kappa shape index (κ3) is 2.48. The first kappa shape index (κ1) is 12.6. The summed E-state index contributed by atoms with van der Waals surface area (Å²) >= 11 is 12.6. The van der Waals surface area contributed by atoms with Crippen LogP contribution in [0.2, 0.25) is 5.02 Å². The summed E-state index contributed by atoms with van der Waals surface area (Å²) in [5.41, 5.74) is 2.52. The lowest BCUT2D eigenvalue weighted by molar-refractivity contribution is 0.337. The fraction of sp³-hybridized carbons (Fsp3) is 0.600. The summed E-state index contributed by atoms with van der Waals surface area (Å²) in [4.78, 5) is 0. The van der Waals surface area contributed by atoms with Crippen LogP contribution in [0.25, 0.3) is 0 Å². The van der Waals surface area contributed by atoms with Crippen LogP contribution in [0.15, 0.2) is 12.1 Å². The number of fused-ring (bicyclic) bond motifs is 1. The van der Waals surface area contributed by atoms with Gasteiger partial charge in [0.25, 0.3) is 0 Å². The fourth-order valence-corrected chi connectivity index (χ4v) is 3.81. The summed E-state index contributed by atoms with van der Waals surface area (Å²) in [5.74, 6) is 1.65. The van der Waals surface area contributed by atoms with E-state index in [-0.39, 0.29) is 0 Å². The average molecular weight is 285 g/mol. The summed E-state index contributed by atoms with van der Waals surface area (Å²) in [6.45, 7) is 0.789. The number of hydrogen-bond acceptors (Lipinski definition) is 1. The number of alkyl halides is 1. The summed E-state index contributed by atoms with van der Waals surface area (Å²) in [6, 6.07) is 4.09. The lowest BCUT2D eigenvalue weighted by Crippen LogP contribution is -2.21. The van der Waals surface area contributed by atoms with Crippen molar-refractivity contribution in [2.75, 3.05) is 6.61 Å². The van der Waals surface area contributed by atoms with Crippen molar-refractivity contribution in [1.29, 1.82) is 0 Å². The van der Waals surface area contributed by atoms with Gasteiger partial charge >= 0.3 is 0 Å². The zero-order valence-corrected chi connectivity index (χ0v) is 11.9. The Labute approximate surface area is 118 Å². The first-order valence-corrected chi connectivity index (χ1v) is 7.63. The van der Waals surface area contributed by atoms with Gasteiger partial charge in [0.2, 0.25) is 0 Å². The van der Waals surface area contributed by atoms with Crippen LogP contribution in [0.1, 0.15) is 36.8 Å². The minimum absolute atomic E-state index is 0.315. The zero-order chi connectivity index (χ0) is 12.5. The predicted octanol–water partition coefficient (Wildman–Crippen LogP) is 4.62. The highest BCUT2D eigenvalue weighted by Gasteiger charge is 2.26. The molecule has 0 amide bonds. The van der Waals surface area contributed by atoms with Gasteiger partial charge in [-0.1, -0.05) is 24.4 Å². The van der Waals surface area contributed by atoms with Gasteiger partial charge in [-0.2, -0.15) is 0 Å². The van der Waals surface area contributed by atoms with E-state index in [1.165, 1.54) is 30.4 Å². The molecule has 3 heteroatoms. The summed E-state index contributed by atoms with van der Waals surface area (Å²) in [5, 5.41) is 1.14. The van der Waals surface area contributed by atoms with Crippen molar-refractivity contribution in [2.45, 2.75) is 43.9 Å². The molecule has 2 unspecified atom stereocenters. The van der Waals surface area contributed by atoms with E-state index in [1.807, 2.05) is 6.07 Å². The van der Waals surface area contributed by atoms with Crippen LogP contribution >= 0.6 is 23.2 Å². The highest BCUT2D eigenvalue weighted by atomic mass is 35.5. The van der Waals surface area contributed by atoms with Gasteiger partial charge < -0.3 is 4.74 Å². The van der Waals surface area contributed by atoms with Crippen LogP contribution in [-0.2, 0) is 12.8 Å². The normalized spacial score (nSPS) is 26.8. The quantitative estimate of drug-likeness (QED) is 0.721. The minimum atomic E-state index is 0.315. The Balaban J connectivity index is 1.84. The summed E-state index contributed by atoms with van der Waals surface area (Å²) in [7, 11) is 0. The molecule has 1 nitrogen and oxygen atoms in total. The Bertz CT molecular complexity index is 444. The van der Waals surface area contributed by atoms with Gasteiger partial charge in [-0.15, -0.1) is 11.6 Å². The van der Waals surface area contributed by atoms with E-state index in [9.17, 15) is 0 Å². The topological polar surface area (TPSA) is 9.23 Å². The number of rotatable bonds is 2. The van der Waals surface area contributed by atoms with Crippen LogP contribution in [0.5, 0.6) is 5.75 Å². The smallest absolute Gasteiger partial charge is 0.125 e. The van der Waals surface area contributed by atoms with Crippen molar-refractivity contribution in [1.82, 2.24) is 0 Å². The standard InChI is InChI=1S/C15H18Cl2O/c16-13-8-11-5-6-18-15(11)12(9-13)7-10-3-1-2-4-14(10)17/h8-10,14H,1-7H2. The predicted molar refractivity (Wildman–Crippen MR) is 76.0 cm³/mol. The highest BCUT2D eigenvalue weighted by molar-refractivity contribution is 6.30. The zero-order valence-electron chi connectivity index (χ0n) is 10.4. The van der Waals surface area contributed by atoms with Crippen LogP contribution in [-0.4, -0.2) is 12.0 Å². The fourth-order valence-electron chi connectivity index (χ4n) is 3.17. The molecule has 0 bridgehead atoms. The van der Waals surface area contributed by atoms with Crippen LogP contribution < -0.4 is 4.74 Å². The van der Waals surface area contributed by atoms with E-state index in [4.69, 9.17) is 27.9 Å². The summed E-state index contributed by atoms with van der Waals surface area (Å²) < 4.78 is 5.76. The number of hydrogen-bond donors (Lipinski definition) is 0. The van der Waals surface area contributed by atoms with Gasteiger partial charge in [-0.25, -0.2) is 0 Å². The molecule has 2 atom stereocenters. The molecule has 0 aromatic heterocycles. The van der Waals surface area contributed by atoms with Gasteiger partial charge in [0.1, 0.15) is 5.75 Å². The maximum Gasteiger partial charge on any atom is 0.125 e. The van der Waals surface area contributed by atoms with Crippen molar-refractivity contribution >= 4 is 23.2 Å². The first-order valence-electron chi connectivity index (χ1n) is 6.82. The molecule has 1 fully saturated rings. The van der Waals surface area contributed by atoms with Crippen molar-refractivity contribution in [2.24, 2.45) is 5.92 Å². The van der Waals surface area contributed by atoms with Crippen molar-refractivity contribution in [3.05, 3.63) is 28.3 Å². The molecule has 98 valence electrons. The van der Waals surface area contributed by atoms with Crippen molar-refractivity contribution < 1.29 is 4.74 Å². The minimum Gasteiger partial charge on any atom is -0.493 e. The molecule has 1 aromatic carbocycles. The molecule has 0 saturated heterocycles. The largest absolute Gasteiger partial charge is 0.493 e. The molecule has 1 saturated carbocycles. The molecule has 3 rings (SSSR count). The van der Waals surface area contributed by atoms with E-state index < -0.39 is 0 Å². The molecule has 2 aliphatic rings. The van der Waals surface area contributed by atoms with Gasteiger partial charge in [0.05, 0.1) is 6.61 Å². The Hall–Kier alpha value is -0.400. The third-order valence-electron chi connectivity index (χ3n) is 4.12. The molecule has 1 aromatic rings. The van der Waals surface area contributed by atoms with Crippen LogP contribution in [0, 0.1) is 5.92 Å². The Morgan fingerprint density at radius 3 is 2.89 bits per heavy atom. The van der Waals surface area contributed by atoms with Crippen molar-refractivity contribution in [3.63, 3.8) is 0 Å².